The molecule has 0 heterocycles. The molecule has 0 aliphatic carbocycles. The molecule has 130 valence electrons. The topological polar surface area (TPSA) is 30.5 Å². The van der Waals surface area contributed by atoms with Gasteiger partial charge in [0.1, 0.15) is 6.61 Å². The minimum atomic E-state index is 0.486. The Kier molecular flexibility index (Phi) is 7.13. The summed E-state index contributed by atoms with van der Waals surface area (Å²) in [6.07, 6.45) is 1.10. The minimum absolute atomic E-state index is 0.486. The van der Waals surface area contributed by atoms with E-state index in [-0.39, 0.29) is 0 Å². The van der Waals surface area contributed by atoms with Crippen LogP contribution in [0.3, 0.4) is 0 Å². The molecule has 0 aliphatic heterocycles. The van der Waals surface area contributed by atoms with E-state index in [1.54, 1.807) is 7.11 Å². The first-order valence-electron chi connectivity index (χ1n) is 8.31. The van der Waals surface area contributed by atoms with E-state index in [2.05, 4.69) is 60.2 Å². The Bertz CT molecular complexity index is 673. The van der Waals surface area contributed by atoms with Gasteiger partial charge in [-0.25, -0.2) is 0 Å². The van der Waals surface area contributed by atoms with Gasteiger partial charge < -0.3 is 14.8 Å². The molecule has 1 N–H and O–H groups in total. The number of halogens is 1. The average molecular weight is 392 g/mol. The molecule has 3 nitrogen and oxygen atoms in total. The van der Waals surface area contributed by atoms with Crippen molar-refractivity contribution in [2.45, 2.75) is 46.4 Å². The Balaban J connectivity index is 2.11. The van der Waals surface area contributed by atoms with Crippen molar-refractivity contribution >= 4 is 15.9 Å². The minimum Gasteiger partial charge on any atom is -0.493 e. The fourth-order valence-electron chi connectivity index (χ4n) is 2.38. The summed E-state index contributed by atoms with van der Waals surface area (Å²) in [5, 5.41) is 3.50. The summed E-state index contributed by atoms with van der Waals surface area (Å²) in [5.41, 5.74) is 3.54. The lowest BCUT2D eigenvalue weighted by molar-refractivity contribution is 0.284. The van der Waals surface area contributed by atoms with E-state index in [0.717, 1.165) is 40.1 Å². The van der Waals surface area contributed by atoms with Gasteiger partial charge in [0.2, 0.25) is 0 Å². The molecule has 0 saturated heterocycles. The predicted octanol–water partition coefficient (Wildman–Crippen LogP) is 5.23. The maximum absolute atomic E-state index is 5.98. The van der Waals surface area contributed by atoms with Crippen molar-refractivity contribution in [1.82, 2.24) is 5.32 Å². The summed E-state index contributed by atoms with van der Waals surface area (Å²) in [6.45, 7) is 7.76. The van der Waals surface area contributed by atoms with Gasteiger partial charge in [0.05, 0.1) is 7.11 Å². The highest BCUT2D eigenvalue weighted by Gasteiger charge is 2.11. The molecule has 0 amide bonds. The highest BCUT2D eigenvalue weighted by atomic mass is 79.9. The monoisotopic (exact) mass is 391 g/mol. The van der Waals surface area contributed by atoms with Gasteiger partial charge in [0, 0.05) is 17.1 Å². The largest absolute Gasteiger partial charge is 0.493 e. The summed E-state index contributed by atoms with van der Waals surface area (Å²) >= 11 is 3.64. The van der Waals surface area contributed by atoms with Crippen LogP contribution in [0.25, 0.3) is 0 Å². The van der Waals surface area contributed by atoms with E-state index in [1.165, 1.54) is 5.56 Å². The standard InChI is InChI=1S/C20H26BrNO2/c1-5-15(3)22-12-17-10-19(23-4)20(11-18(17)21)24-13-16-8-6-7-14(2)9-16/h6-11,15,22H,5,12-13H2,1-4H3. The number of nitrogens with one attached hydrogen (secondary N) is 1. The van der Waals surface area contributed by atoms with Crippen LogP contribution in [-0.4, -0.2) is 13.2 Å². The first-order valence-corrected chi connectivity index (χ1v) is 9.11. The number of methoxy groups -OCH3 is 1. The highest BCUT2D eigenvalue weighted by Crippen LogP contribution is 2.34. The zero-order chi connectivity index (χ0) is 17.5. The van der Waals surface area contributed by atoms with Gasteiger partial charge in [-0.15, -0.1) is 0 Å². The molecule has 0 spiro atoms. The van der Waals surface area contributed by atoms with Crippen LogP contribution in [0.5, 0.6) is 11.5 Å². The molecule has 0 fully saturated rings. The van der Waals surface area contributed by atoms with Gasteiger partial charge in [0.25, 0.3) is 0 Å². The van der Waals surface area contributed by atoms with Crippen molar-refractivity contribution in [1.29, 1.82) is 0 Å². The van der Waals surface area contributed by atoms with Crippen LogP contribution in [0.2, 0.25) is 0 Å². The Hall–Kier alpha value is -1.52. The third-order valence-corrected chi connectivity index (χ3v) is 4.80. The van der Waals surface area contributed by atoms with Crippen LogP contribution in [0, 0.1) is 6.92 Å². The van der Waals surface area contributed by atoms with Crippen molar-refractivity contribution in [3.63, 3.8) is 0 Å². The summed E-state index contributed by atoms with van der Waals surface area (Å²) in [6, 6.07) is 12.8. The Morgan fingerprint density at radius 3 is 2.62 bits per heavy atom. The maximum atomic E-state index is 5.98. The lowest BCUT2D eigenvalue weighted by Gasteiger charge is -2.16. The van der Waals surface area contributed by atoms with Crippen LogP contribution in [0.1, 0.15) is 37.0 Å². The van der Waals surface area contributed by atoms with Crippen molar-refractivity contribution in [2.24, 2.45) is 0 Å². The number of aryl methyl sites for hydroxylation is 1. The predicted molar refractivity (Wildman–Crippen MR) is 103 cm³/mol. The first-order chi connectivity index (χ1) is 11.5. The number of ether oxygens (including phenoxy) is 2. The Morgan fingerprint density at radius 1 is 1.17 bits per heavy atom. The molecule has 2 aromatic carbocycles. The molecule has 0 radical (unpaired) electrons. The van der Waals surface area contributed by atoms with Crippen LogP contribution >= 0.6 is 15.9 Å². The van der Waals surface area contributed by atoms with Crippen molar-refractivity contribution < 1.29 is 9.47 Å². The molecule has 1 unspecified atom stereocenters. The van der Waals surface area contributed by atoms with Crippen molar-refractivity contribution in [3.8, 4) is 11.5 Å². The van der Waals surface area contributed by atoms with E-state index < -0.39 is 0 Å². The zero-order valence-electron chi connectivity index (χ0n) is 14.9. The van der Waals surface area contributed by atoms with Gasteiger partial charge in [-0.2, -0.15) is 0 Å². The van der Waals surface area contributed by atoms with Gasteiger partial charge in [-0.3, -0.25) is 0 Å². The molecule has 24 heavy (non-hydrogen) atoms. The van der Waals surface area contributed by atoms with Gasteiger partial charge in [0.15, 0.2) is 11.5 Å². The third-order valence-electron chi connectivity index (χ3n) is 4.06. The molecule has 0 aliphatic rings. The molecule has 0 bridgehead atoms. The van der Waals surface area contributed by atoms with E-state index in [4.69, 9.17) is 9.47 Å². The molecule has 1 atom stereocenters. The Morgan fingerprint density at radius 2 is 1.96 bits per heavy atom. The smallest absolute Gasteiger partial charge is 0.162 e. The fourth-order valence-corrected chi connectivity index (χ4v) is 2.84. The fraction of sp³-hybridized carbons (Fsp3) is 0.400. The van der Waals surface area contributed by atoms with Crippen LogP contribution in [0.15, 0.2) is 40.9 Å². The number of hydrogen-bond donors (Lipinski definition) is 1. The van der Waals surface area contributed by atoms with Crippen LogP contribution in [0.4, 0.5) is 0 Å². The molecule has 2 rings (SSSR count). The van der Waals surface area contributed by atoms with Crippen LogP contribution in [-0.2, 0) is 13.2 Å². The first kappa shape index (κ1) is 18.8. The van der Waals surface area contributed by atoms with Crippen molar-refractivity contribution in [3.05, 3.63) is 57.6 Å². The number of hydrogen-bond acceptors (Lipinski definition) is 3. The van der Waals surface area contributed by atoms with Crippen molar-refractivity contribution in [2.75, 3.05) is 7.11 Å². The second-order valence-corrected chi connectivity index (χ2v) is 6.92. The zero-order valence-corrected chi connectivity index (χ0v) is 16.4. The molecular weight excluding hydrogens is 366 g/mol. The van der Waals surface area contributed by atoms with E-state index in [9.17, 15) is 0 Å². The quantitative estimate of drug-likeness (QED) is 0.667. The molecular formula is C20H26BrNO2. The van der Waals surface area contributed by atoms with Gasteiger partial charge in [-0.05, 0) is 43.5 Å². The number of rotatable bonds is 8. The highest BCUT2D eigenvalue weighted by molar-refractivity contribution is 9.10. The van der Waals surface area contributed by atoms with E-state index >= 15 is 0 Å². The normalized spacial score (nSPS) is 12.0. The lowest BCUT2D eigenvalue weighted by Crippen LogP contribution is -2.24. The van der Waals surface area contributed by atoms with Crippen LogP contribution < -0.4 is 14.8 Å². The second-order valence-electron chi connectivity index (χ2n) is 6.06. The maximum Gasteiger partial charge on any atom is 0.162 e. The van der Waals surface area contributed by atoms with Gasteiger partial charge >= 0.3 is 0 Å². The molecule has 0 saturated carbocycles. The number of benzene rings is 2. The average Bonchev–Trinajstić information content (AvgIpc) is 2.58. The van der Waals surface area contributed by atoms with Gasteiger partial charge in [-0.1, -0.05) is 52.7 Å². The summed E-state index contributed by atoms with van der Waals surface area (Å²) in [5.74, 6) is 1.50. The summed E-state index contributed by atoms with van der Waals surface area (Å²) in [7, 11) is 1.68. The Labute approximate surface area is 153 Å². The lowest BCUT2D eigenvalue weighted by atomic mass is 10.1. The second kappa shape index (κ2) is 9.09. The molecule has 4 heteroatoms. The molecule has 2 aromatic rings. The molecule has 0 aromatic heterocycles. The van der Waals surface area contributed by atoms with E-state index in [0.29, 0.717) is 12.6 Å². The van der Waals surface area contributed by atoms with E-state index in [1.807, 2.05) is 18.2 Å². The SMILES string of the molecule is CCC(C)NCc1cc(OC)c(OCc2cccc(C)c2)cc1Br. The third kappa shape index (κ3) is 5.25. The summed E-state index contributed by atoms with van der Waals surface area (Å²) < 4.78 is 12.5. The summed E-state index contributed by atoms with van der Waals surface area (Å²) in [4.78, 5) is 0.